The molecule has 2 N–H and O–H groups in total. The van der Waals surface area contributed by atoms with Gasteiger partial charge in [0.1, 0.15) is 0 Å². The molecular formula is C19H33N7. The highest BCUT2D eigenvalue weighted by Gasteiger charge is 2.24. The molecule has 144 valence electrons. The SMILES string of the molecule is CC(C)CN1CCCCC1CN=C(N)N1CCN(c2ncccn2)CC1. The molecular weight excluding hydrogens is 326 g/mol. The van der Waals surface area contributed by atoms with Crippen LogP contribution in [0.25, 0.3) is 0 Å². The first-order chi connectivity index (χ1) is 12.6. The monoisotopic (exact) mass is 359 g/mol. The van der Waals surface area contributed by atoms with Gasteiger partial charge in [-0.05, 0) is 31.4 Å². The van der Waals surface area contributed by atoms with Crippen molar-refractivity contribution < 1.29 is 0 Å². The van der Waals surface area contributed by atoms with Crippen LogP contribution in [0.3, 0.4) is 0 Å². The summed E-state index contributed by atoms with van der Waals surface area (Å²) >= 11 is 0. The summed E-state index contributed by atoms with van der Waals surface area (Å²) in [6, 6.07) is 2.39. The van der Waals surface area contributed by atoms with E-state index < -0.39 is 0 Å². The lowest BCUT2D eigenvalue weighted by Crippen LogP contribution is -2.52. The van der Waals surface area contributed by atoms with Crippen molar-refractivity contribution in [2.75, 3.05) is 50.7 Å². The largest absolute Gasteiger partial charge is 0.370 e. The molecule has 1 aromatic rings. The van der Waals surface area contributed by atoms with Crippen LogP contribution in [0.4, 0.5) is 5.95 Å². The summed E-state index contributed by atoms with van der Waals surface area (Å²) < 4.78 is 0. The van der Waals surface area contributed by atoms with Crippen molar-refractivity contribution in [1.82, 2.24) is 19.8 Å². The van der Waals surface area contributed by atoms with Gasteiger partial charge in [-0.25, -0.2) is 9.97 Å². The van der Waals surface area contributed by atoms with Crippen LogP contribution < -0.4 is 10.6 Å². The number of guanidine groups is 1. The molecule has 7 heteroatoms. The molecule has 0 aromatic carbocycles. The van der Waals surface area contributed by atoms with E-state index in [1.165, 1.54) is 25.8 Å². The van der Waals surface area contributed by atoms with Crippen molar-refractivity contribution in [2.45, 2.75) is 39.2 Å². The highest BCUT2D eigenvalue weighted by molar-refractivity contribution is 5.78. The number of hydrogen-bond acceptors (Lipinski definition) is 5. The van der Waals surface area contributed by atoms with Crippen LogP contribution in [0, 0.1) is 5.92 Å². The Morgan fingerprint density at radius 1 is 1.15 bits per heavy atom. The fourth-order valence-corrected chi connectivity index (χ4v) is 3.87. The van der Waals surface area contributed by atoms with Gasteiger partial charge >= 0.3 is 0 Å². The summed E-state index contributed by atoms with van der Waals surface area (Å²) in [5, 5.41) is 0. The molecule has 1 unspecified atom stereocenters. The number of aliphatic imine (C=N–C) groups is 1. The van der Waals surface area contributed by atoms with E-state index in [-0.39, 0.29) is 0 Å². The van der Waals surface area contributed by atoms with Gasteiger partial charge in [-0.1, -0.05) is 20.3 Å². The maximum absolute atomic E-state index is 6.30. The van der Waals surface area contributed by atoms with Crippen LogP contribution in [0.1, 0.15) is 33.1 Å². The van der Waals surface area contributed by atoms with Crippen molar-refractivity contribution in [3.63, 3.8) is 0 Å². The van der Waals surface area contributed by atoms with E-state index in [0.29, 0.717) is 17.9 Å². The summed E-state index contributed by atoms with van der Waals surface area (Å²) in [5.74, 6) is 2.19. The zero-order valence-corrected chi connectivity index (χ0v) is 16.2. The number of hydrogen-bond donors (Lipinski definition) is 1. The fraction of sp³-hybridized carbons (Fsp3) is 0.737. The molecule has 0 saturated carbocycles. The Balaban J connectivity index is 1.50. The van der Waals surface area contributed by atoms with E-state index in [1.807, 2.05) is 6.07 Å². The molecule has 0 radical (unpaired) electrons. The minimum Gasteiger partial charge on any atom is -0.370 e. The van der Waals surface area contributed by atoms with Crippen molar-refractivity contribution in [3.05, 3.63) is 18.5 Å². The van der Waals surface area contributed by atoms with Gasteiger partial charge in [0, 0.05) is 51.2 Å². The Bertz CT molecular complexity index is 567. The maximum atomic E-state index is 6.30. The van der Waals surface area contributed by atoms with E-state index in [9.17, 15) is 0 Å². The van der Waals surface area contributed by atoms with Gasteiger partial charge in [0.15, 0.2) is 5.96 Å². The van der Waals surface area contributed by atoms with Crippen LogP contribution in [0.5, 0.6) is 0 Å². The first kappa shape index (κ1) is 18.9. The Morgan fingerprint density at radius 2 is 1.88 bits per heavy atom. The van der Waals surface area contributed by atoms with E-state index in [0.717, 1.165) is 45.2 Å². The molecule has 2 aliphatic heterocycles. The second kappa shape index (κ2) is 9.16. The average molecular weight is 360 g/mol. The van der Waals surface area contributed by atoms with Gasteiger partial charge < -0.3 is 15.5 Å². The van der Waals surface area contributed by atoms with Gasteiger partial charge in [-0.3, -0.25) is 9.89 Å². The van der Waals surface area contributed by atoms with Crippen LogP contribution in [-0.2, 0) is 0 Å². The van der Waals surface area contributed by atoms with Crippen molar-refractivity contribution in [1.29, 1.82) is 0 Å². The number of aromatic nitrogens is 2. The molecule has 3 heterocycles. The van der Waals surface area contributed by atoms with Crippen molar-refractivity contribution in [3.8, 4) is 0 Å². The number of piperazine rings is 1. The highest BCUT2D eigenvalue weighted by Crippen LogP contribution is 2.19. The zero-order chi connectivity index (χ0) is 18.4. The predicted octanol–water partition coefficient (Wildman–Crippen LogP) is 1.42. The minimum atomic E-state index is 0.545. The number of nitrogens with two attached hydrogens (primary N) is 1. The Hall–Kier alpha value is -1.89. The molecule has 0 amide bonds. The summed E-state index contributed by atoms with van der Waals surface area (Å²) in [6.07, 6.45) is 7.44. The number of anilines is 1. The molecule has 0 bridgehead atoms. The van der Waals surface area contributed by atoms with Crippen molar-refractivity contribution in [2.24, 2.45) is 16.6 Å². The number of rotatable bonds is 5. The topological polar surface area (TPSA) is 73.9 Å². The third kappa shape index (κ3) is 5.06. The molecule has 7 nitrogen and oxygen atoms in total. The number of piperidine rings is 1. The van der Waals surface area contributed by atoms with Crippen LogP contribution in [0.15, 0.2) is 23.5 Å². The van der Waals surface area contributed by atoms with E-state index in [2.05, 4.69) is 38.5 Å². The van der Waals surface area contributed by atoms with Gasteiger partial charge in [0.25, 0.3) is 0 Å². The minimum absolute atomic E-state index is 0.545. The summed E-state index contributed by atoms with van der Waals surface area (Å²) in [7, 11) is 0. The Kier molecular flexibility index (Phi) is 6.66. The van der Waals surface area contributed by atoms with Gasteiger partial charge in [0.2, 0.25) is 5.95 Å². The summed E-state index contributed by atoms with van der Waals surface area (Å²) in [5.41, 5.74) is 6.30. The van der Waals surface area contributed by atoms with Crippen LogP contribution in [-0.4, -0.2) is 77.6 Å². The standard InChI is InChI=1S/C19H33N7/c1-16(2)15-26-9-4-3-6-17(26)14-23-18(20)24-10-12-25(13-11-24)19-21-7-5-8-22-19/h5,7-8,16-17H,3-4,6,9-15H2,1-2H3,(H2,20,23). The smallest absolute Gasteiger partial charge is 0.225 e. The second-order valence-corrected chi connectivity index (χ2v) is 7.76. The highest BCUT2D eigenvalue weighted by atomic mass is 15.4. The Morgan fingerprint density at radius 3 is 2.58 bits per heavy atom. The lowest BCUT2D eigenvalue weighted by atomic mass is 10.0. The van der Waals surface area contributed by atoms with Crippen LogP contribution in [0.2, 0.25) is 0 Å². The zero-order valence-electron chi connectivity index (χ0n) is 16.2. The van der Waals surface area contributed by atoms with Gasteiger partial charge in [-0.2, -0.15) is 0 Å². The first-order valence-corrected chi connectivity index (χ1v) is 9.94. The molecule has 26 heavy (non-hydrogen) atoms. The molecule has 0 aliphatic carbocycles. The predicted molar refractivity (Wildman–Crippen MR) is 106 cm³/mol. The molecule has 2 saturated heterocycles. The lowest BCUT2D eigenvalue weighted by molar-refractivity contribution is 0.136. The molecule has 1 aromatic heterocycles. The number of nitrogens with zero attached hydrogens (tertiary/aromatic N) is 6. The normalized spacial score (nSPS) is 22.9. The Labute approximate surface area is 157 Å². The van der Waals surface area contributed by atoms with E-state index >= 15 is 0 Å². The third-order valence-electron chi connectivity index (χ3n) is 5.25. The molecule has 2 aliphatic rings. The summed E-state index contributed by atoms with van der Waals surface area (Å²) in [6.45, 7) is 11.3. The van der Waals surface area contributed by atoms with Gasteiger partial charge in [0.05, 0.1) is 6.54 Å². The lowest BCUT2D eigenvalue weighted by Gasteiger charge is -2.37. The maximum Gasteiger partial charge on any atom is 0.225 e. The van der Waals surface area contributed by atoms with Crippen LogP contribution >= 0.6 is 0 Å². The first-order valence-electron chi connectivity index (χ1n) is 9.94. The number of likely N-dealkylation sites (tertiary alicyclic amines) is 1. The third-order valence-corrected chi connectivity index (χ3v) is 5.25. The van der Waals surface area contributed by atoms with E-state index in [1.54, 1.807) is 12.4 Å². The van der Waals surface area contributed by atoms with Crippen molar-refractivity contribution >= 4 is 11.9 Å². The summed E-state index contributed by atoms with van der Waals surface area (Å²) in [4.78, 5) is 20.4. The molecule has 1 atom stereocenters. The fourth-order valence-electron chi connectivity index (χ4n) is 3.87. The van der Waals surface area contributed by atoms with Gasteiger partial charge in [-0.15, -0.1) is 0 Å². The average Bonchev–Trinajstić information content (AvgIpc) is 2.67. The molecule has 2 fully saturated rings. The molecule has 3 rings (SSSR count). The quantitative estimate of drug-likeness (QED) is 0.633. The molecule has 0 spiro atoms. The second-order valence-electron chi connectivity index (χ2n) is 7.76. The van der Waals surface area contributed by atoms with E-state index in [4.69, 9.17) is 10.7 Å².